The number of nitrogens with two attached hydrogens (primary N) is 1. The molecule has 106 valence electrons. The van der Waals surface area contributed by atoms with Crippen LogP contribution >= 0.6 is 11.3 Å². The number of carbonyl (C=O) groups is 1. The summed E-state index contributed by atoms with van der Waals surface area (Å²) in [6.07, 6.45) is 0. The zero-order valence-electron chi connectivity index (χ0n) is 11.9. The van der Waals surface area contributed by atoms with Gasteiger partial charge in [0.2, 0.25) is 0 Å². The van der Waals surface area contributed by atoms with Gasteiger partial charge in [-0.05, 0) is 19.4 Å². The van der Waals surface area contributed by atoms with Gasteiger partial charge in [-0.3, -0.25) is 4.79 Å². The van der Waals surface area contributed by atoms with E-state index in [4.69, 9.17) is 5.73 Å². The first-order valence-corrected chi connectivity index (χ1v) is 7.41. The average Bonchev–Trinajstić information content (AvgIpc) is 2.96. The van der Waals surface area contributed by atoms with Crippen molar-refractivity contribution in [3.8, 4) is 0 Å². The van der Waals surface area contributed by atoms with Crippen molar-refractivity contribution in [2.24, 2.45) is 5.73 Å². The van der Waals surface area contributed by atoms with Crippen molar-refractivity contribution in [3.63, 3.8) is 0 Å². The van der Waals surface area contributed by atoms with Gasteiger partial charge < -0.3 is 10.6 Å². The summed E-state index contributed by atoms with van der Waals surface area (Å²) in [7, 11) is 1.80. The second kappa shape index (κ2) is 6.15. The Balaban J connectivity index is 2.15. The average molecular weight is 289 g/mol. The fourth-order valence-corrected chi connectivity index (χ4v) is 2.66. The van der Waals surface area contributed by atoms with E-state index < -0.39 is 0 Å². The number of amides is 1. The molecule has 0 aliphatic carbocycles. The molecule has 5 heteroatoms. The number of benzene rings is 1. The van der Waals surface area contributed by atoms with Crippen molar-refractivity contribution in [1.82, 2.24) is 9.88 Å². The number of rotatable bonds is 4. The summed E-state index contributed by atoms with van der Waals surface area (Å²) in [5.41, 5.74) is 7.35. The van der Waals surface area contributed by atoms with Crippen LogP contribution in [0.1, 0.15) is 47.0 Å². The molecule has 0 saturated carbocycles. The lowest BCUT2D eigenvalue weighted by atomic mass is 10.1. The maximum Gasteiger partial charge on any atom is 0.273 e. The van der Waals surface area contributed by atoms with E-state index in [1.807, 2.05) is 44.2 Å². The Labute approximate surface area is 123 Å². The fourth-order valence-electron chi connectivity index (χ4n) is 1.91. The highest BCUT2D eigenvalue weighted by atomic mass is 32.1. The predicted molar refractivity (Wildman–Crippen MR) is 81.7 cm³/mol. The minimum absolute atomic E-state index is 0.00384. The SMILES string of the molecule is CC(N)c1nc(C(=O)N(C)C(C)c2ccccc2)cs1. The smallest absolute Gasteiger partial charge is 0.273 e. The molecule has 0 aliphatic rings. The maximum atomic E-state index is 12.4. The van der Waals surface area contributed by atoms with Gasteiger partial charge in [-0.2, -0.15) is 0 Å². The molecule has 2 atom stereocenters. The molecule has 2 rings (SSSR count). The molecule has 4 nitrogen and oxygen atoms in total. The molecule has 1 aromatic carbocycles. The Bertz CT molecular complexity index is 580. The Hall–Kier alpha value is -1.72. The molecule has 0 radical (unpaired) electrons. The van der Waals surface area contributed by atoms with Gasteiger partial charge >= 0.3 is 0 Å². The maximum absolute atomic E-state index is 12.4. The van der Waals surface area contributed by atoms with Crippen LogP contribution in [0.5, 0.6) is 0 Å². The Morgan fingerprint density at radius 1 is 1.30 bits per heavy atom. The Morgan fingerprint density at radius 2 is 1.95 bits per heavy atom. The van der Waals surface area contributed by atoms with Gasteiger partial charge in [-0.1, -0.05) is 30.3 Å². The lowest BCUT2D eigenvalue weighted by Gasteiger charge is -2.24. The predicted octanol–water partition coefficient (Wildman–Crippen LogP) is 3.00. The number of hydrogen-bond donors (Lipinski definition) is 1. The summed E-state index contributed by atoms with van der Waals surface area (Å²) < 4.78 is 0. The summed E-state index contributed by atoms with van der Waals surface area (Å²) >= 11 is 1.43. The van der Waals surface area contributed by atoms with E-state index in [0.717, 1.165) is 10.6 Å². The quantitative estimate of drug-likeness (QED) is 0.941. The molecule has 2 unspecified atom stereocenters. The highest BCUT2D eigenvalue weighted by Gasteiger charge is 2.21. The van der Waals surface area contributed by atoms with E-state index in [0.29, 0.717) is 5.69 Å². The third-order valence-electron chi connectivity index (χ3n) is 3.31. The Morgan fingerprint density at radius 3 is 2.50 bits per heavy atom. The number of nitrogens with zero attached hydrogens (tertiary/aromatic N) is 2. The van der Waals surface area contributed by atoms with Gasteiger partial charge in [-0.15, -0.1) is 11.3 Å². The molecule has 1 aromatic heterocycles. The summed E-state index contributed by atoms with van der Waals surface area (Å²) in [6, 6.07) is 9.81. The van der Waals surface area contributed by atoms with Crippen LogP contribution in [0, 0.1) is 0 Å². The minimum Gasteiger partial charge on any atom is -0.334 e. The van der Waals surface area contributed by atoms with Crippen LogP contribution in [0.2, 0.25) is 0 Å². The van der Waals surface area contributed by atoms with Gasteiger partial charge in [0.25, 0.3) is 5.91 Å². The molecule has 0 saturated heterocycles. The van der Waals surface area contributed by atoms with Crippen LogP contribution in [0.3, 0.4) is 0 Å². The van der Waals surface area contributed by atoms with E-state index in [2.05, 4.69) is 4.98 Å². The molecule has 2 N–H and O–H groups in total. The lowest BCUT2D eigenvalue weighted by Crippen LogP contribution is -2.30. The third-order valence-corrected chi connectivity index (χ3v) is 4.36. The topological polar surface area (TPSA) is 59.2 Å². The van der Waals surface area contributed by atoms with E-state index in [-0.39, 0.29) is 18.0 Å². The van der Waals surface area contributed by atoms with Crippen LogP contribution in [0.15, 0.2) is 35.7 Å². The lowest BCUT2D eigenvalue weighted by molar-refractivity contribution is 0.0737. The summed E-state index contributed by atoms with van der Waals surface area (Å²) in [6.45, 7) is 3.87. The highest BCUT2D eigenvalue weighted by molar-refractivity contribution is 7.09. The monoisotopic (exact) mass is 289 g/mol. The first-order chi connectivity index (χ1) is 9.50. The Kier molecular flexibility index (Phi) is 4.52. The number of thiazole rings is 1. The molecule has 0 bridgehead atoms. The van der Waals surface area contributed by atoms with Crippen LogP contribution in [-0.4, -0.2) is 22.8 Å². The minimum atomic E-state index is -0.140. The standard InChI is InChI=1S/C15H19N3OS/c1-10(16)14-17-13(9-20-14)15(19)18(3)11(2)12-7-5-4-6-8-12/h4-11H,16H2,1-3H3. The van der Waals surface area contributed by atoms with Crippen molar-refractivity contribution in [2.75, 3.05) is 7.05 Å². The van der Waals surface area contributed by atoms with Crippen LogP contribution in [0.25, 0.3) is 0 Å². The van der Waals surface area contributed by atoms with Crippen molar-refractivity contribution in [2.45, 2.75) is 25.9 Å². The molecular weight excluding hydrogens is 270 g/mol. The van der Waals surface area contributed by atoms with Crippen LogP contribution < -0.4 is 5.73 Å². The van der Waals surface area contributed by atoms with Crippen molar-refractivity contribution in [3.05, 3.63) is 52.0 Å². The second-order valence-corrected chi connectivity index (χ2v) is 5.75. The normalized spacial score (nSPS) is 13.8. The summed E-state index contributed by atoms with van der Waals surface area (Å²) in [4.78, 5) is 18.4. The second-order valence-electron chi connectivity index (χ2n) is 4.86. The number of aromatic nitrogens is 1. The van der Waals surface area contributed by atoms with Gasteiger partial charge in [0.15, 0.2) is 0 Å². The van der Waals surface area contributed by atoms with E-state index in [1.165, 1.54) is 11.3 Å². The molecule has 20 heavy (non-hydrogen) atoms. The molecular formula is C15H19N3OS. The molecule has 0 spiro atoms. The van der Waals surface area contributed by atoms with E-state index in [1.54, 1.807) is 17.3 Å². The highest BCUT2D eigenvalue weighted by Crippen LogP contribution is 2.22. The molecule has 1 heterocycles. The molecule has 1 amide bonds. The largest absolute Gasteiger partial charge is 0.334 e. The van der Waals surface area contributed by atoms with Gasteiger partial charge in [0.1, 0.15) is 10.7 Å². The van der Waals surface area contributed by atoms with Crippen LogP contribution in [0.4, 0.5) is 0 Å². The third kappa shape index (κ3) is 3.05. The summed E-state index contributed by atoms with van der Waals surface area (Å²) in [5.74, 6) is -0.0792. The van der Waals surface area contributed by atoms with Crippen molar-refractivity contribution in [1.29, 1.82) is 0 Å². The summed E-state index contributed by atoms with van der Waals surface area (Å²) in [5, 5.41) is 2.56. The zero-order valence-corrected chi connectivity index (χ0v) is 12.7. The van der Waals surface area contributed by atoms with Gasteiger partial charge in [0.05, 0.1) is 12.1 Å². The molecule has 0 fully saturated rings. The van der Waals surface area contributed by atoms with Gasteiger partial charge in [-0.25, -0.2) is 4.98 Å². The van der Waals surface area contributed by atoms with Crippen molar-refractivity contribution < 1.29 is 4.79 Å². The number of carbonyl (C=O) groups excluding carboxylic acids is 1. The molecule has 2 aromatic rings. The fraction of sp³-hybridized carbons (Fsp3) is 0.333. The van der Waals surface area contributed by atoms with Crippen molar-refractivity contribution >= 4 is 17.2 Å². The van der Waals surface area contributed by atoms with E-state index in [9.17, 15) is 4.79 Å². The zero-order chi connectivity index (χ0) is 14.7. The molecule has 0 aliphatic heterocycles. The number of hydrogen-bond acceptors (Lipinski definition) is 4. The first-order valence-electron chi connectivity index (χ1n) is 6.53. The van der Waals surface area contributed by atoms with Crippen LogP contribution in [-0.2, 0) is 0 Å². The first kappa shape index (κ1) is 14.7. The van der Waals surface area contributed by atoms with E-state index >= 15 is 0 Å². The van der Waals surface area contributed by atoms with Gasteiger partial charge in [0, 0.05) is 12.4 Å².